The standard InChI is InChI=1S/C20H28N2O6S/c1-27-18-10-9-15(29(25,26)21-11-5-3-4-6-12-21)14-16(18)19(23)22-13-7-8-17(22)20(24)28-2/h9-10,14,17H,3-8,11-13H2,1-2H3/t17-/m0/s1. The van der Waals surface area contributed by atoms with Crippen molar-refractivity contribution in [3.63, 3.8) is 0 Å². The third-order valence-electron chi connectivity index (χ3n) is 5.59. The molecule has 8 nitrogen and oxygen atoms in total. The van der Waals surface area contributed by atoms with Gasteiger partial charge < -0.3 is 14.4 Å². The number of esters is 1. The molecule has 3 rings (SSSR count). The van der Waals surface area contributed by atoms with Crippen LogP contribution in [0.15, 0.2) is 23.1 Å². The lowest BCUT2D eigenvalue weighted by atomic mass is 10.1. The molecule has 1 atom stereocenters. The van der Waals surface area contributed by atoms with E-state index in [2.05, 4.69) is 0 Å². The molecule has 29 heavy (non-hydrogen) atoms. The van der Waals surface area contributed by atoms with Gasteiger partial charge in [-0.3, -0.25) is 4.79 Å². The molecule has 2 aliphatic heterocycles. The predicted octanol–water partition coefficient (Wildman–Crippen LogP) is 2.04. The van der Waals surface area contributed by atoms with Gasteiger partial charge >= 0.3 is 5.97 Å². The first-order valence-electron chi connectivity index (χ1n) is 9.97. The summed E-state index contributed by atoms with van der Waals surface area (Å²) in [7, 11) is -0.992. The van der Waals surface area contributed by atoms with Gasteiger partial charge in [-0.15, -0.1) is 0 Å². The van der Waals surface area contributed by atoms with Crippen molar-refractivity contribution in [3.8, 4) is 5.75 Å². The quantitative estimate of drug-likeness (QED) is 0.672. The van der Waals surface area contributed by atoms with Gasteiger partial charge in [-0.05, 0) is 43.9 Å². The van der Waals surface area contributed by atoms with Crippen LogP contribution in [0.1, 0.15) is 48.9 Å². The van der Waals surface area contributed by atoms with Gasteiger partial charge in [0, 0.05) is 19.6 Å². The minimum Gasteiger partial charge on any atom is -0.496 e. The molecule has 160 valence electrons. The third kappa shape index (κ3) is 4.40. The second-order valence-corrected chi connectivity index (χ2v) is 9.30. The Morgan fingerprint density at radius 2 is 1.69 bits per heavy atom. The summed E-state index contributed by atoms with van der Waals surface area (Å²) in [5.74, 6) is -0.619. The topological polar surface area (TPSA) is 93.2 Å². The molecular weight excluding hydrogens is 396 g/mol. The fourth-order valence-electron chi connectivity index (χ4n) is 3.99. The fraction of sp³-hybridized carbons (Fsp3) is 0.600. The van der Waals surface area contributed by atoms with Crippen LogP contribution >= 0.6 is 0 Å². The molecule has 0 bridgehead atoms. The molecule has 0 aliphatic carbocycles. The Morgan fingerprint density at radius 1 is 1.00 bits per heavy atom. The first kappa shape index (κ1) is 21.6. The van der Waals surface area contributed by atoms with Crippen LogP contribution in [0.25, 0.3) is 0 Å². The molecule has 1 aromatic carbocycles. The summed E-state index contributed by atoms with van der Waals surface area (Å²) in [4.78, 5) is 26.7. The third-order valence-corrected chi connectivity index (χ3v) is 7.49. The summed E-state index contributed by atoms with van der Waals surface area (Å²) in [6.45, 7) is 1.37. The van der Waals surface area contributed by atoms with Crippen molar-refractivity contribution < 1.29 is 27.5 Å². The summed E-state index contributed by atoms with van der Waals surface area (Å²) in [6.07, 6.45) is 4.89. The lowest BCUT2D eigenvalue weighted by Crippen LogP contribution is -2.41. The summed E-state index contributed by atoms with van der Waals surface area (Å²) in [6, 6.07) is 3.68. The minimum atomic E-state index is -3.71. The van der Waals surface area contributed by atoms with Gasteiger partial charge in [-0.25, -0.2) is 13.2 Å². The zero-order chi connectivity index (χ0) is 21.0. The number of amides is 1. The molecular formula is C20H28N2O6S. The van der Waals surface area contributed by atoms with E-state index in [-0.39, 0.29) is 16.2 Å². The molecule has 0 N–H and O–H groups in total. The molecule has 2 aliphatic rings. The number of benzene rings is 1. The SMILES string of the molecule is COC(=O)[C@@H]1CCCN1C(=O)c1cc(S(=O)(=O)N2CCCCCC2)ccc1OC. The van der Waals surface area contributed by atoms with Gasteiger partial charge in [-0.1, -0.05) is 12.8 Å². The zero-order valence-corrected chi connectivity index (χ0v) is 17.7. The van der Waals surface area contributed by atoms with Crippen LogP contribution in [0, 0.1) is 0 Å². The van der Waals surface area contributed by atoms with Crippen molar-refractivity contribution in [2.75, 3.05) is 33.9 Å². The number of likely N-dealkylation sites (tertiary alicyclic amines) is 1. The van der Waals surface area contributed by atoms with Gasteiger partial charge in [-0.2, -0.15) is 4.31 Å². The van der Waals surface area contributed by atoms with Crippen molar-refractivity contribution in [1.29, 1.82) is 0 Å². The van der Waals surface area contributed by atoms with Crippen molar-refractivity contribution in [1.82, 2.24) is 9.21 Å². The number of sulfonamides is 1. The Labute approximate surface area is 171 Å². The predicted molar refractivity (Wildman–Crippen MR) is 106 cm³/mol. The molecule has 0 spiro atoms. The maximum Gasteiger partial charge on any atom is 0.328 e. The number of methoxy groups -OCH3 is 2. The van der Waals surface area contributed by atoms with Gasteiger partial charge in [0.15, 0.2) is 0 Å². The molecule has 9 heteroatoms. The molecule has 0 aromatic heterocycles. The Morgan fingerprint density at radius 3 is 2.31 bits per heavy atom. The second-order valence-electron chi connectivity index (χ2n) is 7.36. The van der Waals surface area contributed by atoms with Crippen LogP contribution in [0.5, 0.6) is 5.75 Å². The summed E-state index contributed by atoms with van der Waals surface area (Å²) < 4.78 is 37.9. The number of nitrogens with zero attached hydrogens (tertiary/aromatic N) is 2. The molecule has 0 saturated carbocycles. The average Bonchev–Trinajstić information content (AvgIpc) is 3.05. The molecule has 1 amide bonds. The highest BCUT2D eigenvalue weighted by molar-refractivity contribution is 7.89. The summed E-state index contributed by atoms with van der Waals surface area (Å²) in [5.41, 5.74) is 0.138. The molecule has 2 heterocycles. The second kappa shape index (κ2) is 9.13. The van der Waals surface area contributed by atoms with E-state index >= 15 is 0 Å². The molecule has 2 saturated heterocycles. The molecule has 0 radical (unpaired) electrons. The van der Waals surface area contributed by atoms with E-state index < -0.39 is 27.9 Å². The Kier molecular flexibility index (Phi) is 6.79. The maximum atomic E-state index is 13.2. The van der Waals surface area contributed by atoms with Gasteiger partial charge in [0.2, 0.25) is 10.0 Å². The van der Waals surface area contributed by atoms with Gasteiger partial charge in [0.05, 0.1) is 24.7 Å². The van der Waals surface area contributed by atoms with Crippen molar-refractivity contribution >= 4 is 21.9 Å². The van der Waals surface area contributed by atoms with Crippen LogP contribution in [0.2, 0.25) is 0 Å². The van der Waals surface area contributed by atoms with Crippen LogP contribution in [0.3, 0.4) is 0 Å². The lowest BCUT2D eigenvalue weighted by molar-refractivity contribution is -0.145. The van der Waals surface area contributed by atoms with Crippen LogP contribution < -0.4 is 4.74 Å². The zero-order valence-electron chi connectivity index (χ0n) is 16.9. The van der Waals surface area contributed by atoms with E-state index in [1.807, 2.05) is 0 Å². The maximum absolute atomic E-state index is 13.2. The monoisotopic (exact) mass is 424 g/mol. The summed E-state index contributed by atoms with van der Waals surface area (Å²) in [5, 5.41) is 0. The van der Waals surface area contributed by atoms with Gasteiger partial charge in [0.25, 0.3) is 5.91 Å². The first-order chi connectivity index (χ1) is 13.9. The highest BCUT2D eigenvalue weighted by Gasteiger charge is 2.37. The number of hydrogen-bond acceptors (Lipinski definition) is 6. The van der Waals surface area contributed by atoms with Crippen LogP contribution in [0.4, 0.5) is 0 Å². The smallest absolute Gasteiger partial charge is 0.328 e. The van der Waals surface area contributed by atoms with Crippen LogP contribution in [-0.4, -0.2) is 69.4 Å². The van der Waals surface area contributed by atoms with Crippen molar-refractivity contribution in [3.05, 3.63) is 23.8 Å². The normalized spacial score (nSPS) is 20.9. The van der Waals surface area contributed by atoms with E-state index in [0.29, 0.717) is 32.5 Å². The van der Waals surface area contributed by atoms with E-state index in [4.69, 9.17) is 9.47 Å². The summed E-state index contributed by atoms with van der Waals surface area (Å²) >= 11 is 0. The number of rotatable bonds is 5. The van der Waals surface area contributed by atoms with E-state index in [1.165, 1.54) is 41.6 Å². The van der Waals surface area contributed by atoms with Crippen LogP contribution in [-0.2, 0) is 19.6 Å². The van der Waals surface area contributed by atoms with E-state index in [9.17, 15) is 18.0 Å². The largest absolute Gasteiger partial charge is 0.496 e. The number of ether oxygens (including phenoxy) is 2. The number of carbonyl (C=O) groups excluding carboxylic acids is 2. The fourth-order valence-corrected chi connectivity index (χ4v) is 5.54. The molecule has 0 unspecified atom stereocenters. The molecule has 2 fully saturated rings. The van der Waals surface area contributed by atoms with Gasteiger partial charge in [0.1, 0.15) is 11.8 Å². The Hall–Kier alpha value is -2.13. The van der Waals surface area contributed by atoms with E-state index in [1.54, 1.807) is 0 Å². The number of carbonyl (C=O) groups is 2. The number of hydrogen-bond donors (Lipinski definition) is 0. The van der Waals surface area contributed by atoms with E-state index in [0.717, 1.165) is 25.7 Å². The Balaban J connectivity index is 1.95. The van der Waals surface area contributed by atoms with Crippen molar-refractivity contribution in [2.24, 2.45) is 0 Å². The lowest BCUT2D eigenvalue weighted by Gasteiger charge is -2.24. The highest BCUT2D eigenvalue weighted by Crippen LogP contribution is 2.29. The Bertz CT molecular complexity index is 862. The average molecular weight is 425 g/mol. The molecule has 1 aromatic rings. The highest BCUT2D eigenvalue weighted by atomic mass is 32.2. The van der Waals surface area contributed by atoms with Crippen molar-refractivity contribution in [2.45, 2.75) is 49.5 Å². The first-order valence-corrected chi connectivity index (χ1v) is 11.4. The minimum absolute atomic E-state index is 0.0670.